The van der Waals surface area contributed by atoms with Gasteiger partial charge in [-0.25, -0.2) is 4.98 Å². The fourth-order valence-electron chi connectivity index (χ4n) is 4.63. The highest BCUT2D eigenvalue weighted by Gasteiger charge is 2.23. The number of fused-ring (bicyclic) bond motifs is 5. The van der Waals surface area contributed by atoms with Gasteiger partial charge in [-0.2, -0.15) is 0 Å². The van der Waals surface area contributed by atoms with Gasteiger partial charge in [0.1, 0.15) is 5.69 Å². The van der Waals surface area contributed by atoms with Gasteiger partial charge in [-0.05, 0) is 44.5 Å². The first-order valence-corrected chi connectivity index (χ1v) is 11.6. The highest BCUT2D eigenvalue weighted by Crippen LogP contribution is 2.39. The minimum atomic E-state index is -0.275. The number of hydrogen-bond acceptors (Lipinski definition) is 6. The van der Waals surface area contributed by atoms with E-state index in [-0.39, 0.29) is 23.3 Å². The molecule has 0 bridgehead atoms. The van der Waals surface area contributed by atoms with E-state index in [1.54, 1.807) is 22.6 Å². The predicted molar refractivity (Wildman–Crippen MR) is 136 cm³/mol. The van der Waals surface area contributed by atoms with Crippen LogP contribution >= 0.6 is 0 Å². The van der Waals surface area contributed by atoms with Gasteiger partial charge < -0.3 is 19.5 Å². The van der Waals surface area contributed by atoms with Gasteiger partial charge >= 0.3 is 0 Å². The molecule has 0 radical (unpaired) electrons. The second kappa shape index (κ2) is 9.03. The molecule has 0 atom stereocenters. The molecule has 0 unspecified atom stereocenters. The summed E-state index contributed by atoms with van der Waals surface area (Å²) >= 11 is 0. The molecule has 3 aromatic heterocycles. The van der Waals surface area contributed by atoms with Gasteiger partial charge in [-0.15, -0.1) is 0 Å². The van der Waals surface area contributed by atoms with E-state index in [0.29, 0.717) is 52.9 Å². The molecule has 8 heteroatoms. The molecular formula is C27H27N3O5. The van der Waals surface area contributed by atoms with Crippen molar-refractivity contribution in [1.29, 1.82) is 0 Å². The lowest BCUT2D eigenvalue weighted by Crippen LogP contribution is -2.26. The Kier molecular flexibility index (Phi) is 5.90. The summed E-state index contributed by atoms with van der Waals surface area (Å²) in [6.07, 6.45) is 0.853. The van der Waals surface area contributed by atoms with Crippen LogP contribution in [0.4, 0.5) is 0 Å². The van der Waals surface area contributed by atoms with Crippen LogP contribution in [0.25, 0.3) is 38.1 Å². The number of pyridine rings is 2. The second-order valence-electron chi connectivity index (χ2n) is 8.66. The smallest absolute Gasteiger partial charge is 0.269 e. The third kappa shape index (κ3) is 3.70. The maximum absolute atomic E-state index is 13.8. The zero-order valence-corrected chi connectivity index (χ0v) is 20.2. The quantitative estimate of drug-likeness (QED) is 0.269. The van der Waals surface area contributed by atoms with Crippen LogP contribution < -0.4 is 20.3 Å². The molecule has 8 nitrogen and oxygen atoms in total. The number of carbonyl (C=O) groups is 1. The molecule has 0 aliphatic rings. The van der Waals surface area contributed by atoms with Crippen molar-refractivity contribution >= 4 is 44.0 Å². The Morgan fingerprint density at radius 2 is 1.86 bits per heavy atom. The van der Waals surface area contributed by atoms with Gasteiger partial charge in [0, 0.05) is 29.3 Å². The Bertz CT molecular complexity index is 1620. The average Bonchev–Trinajstić information content (AvgIpc) is 3.20. The van der Waals surface area contributed by atoms with Crippen LogP contribution in [0.5, 0.6) is 11.5 Å². The molecule has 0 aliphatic carbocycles. The summed E-state index contributed by atoms with van der Waals surface area (Å²) in [7, 11) is 3.03. The molecule has 0 aliphatic heterocycles. The molecule has 0 spiro atoms. The van der Waals surface area contributed by atoms with Crippen LogP contribution in [0.1, 0.15) is 30.8 Å². The van der Waals surface area contributed by atoms with E-state index in [2.05, 4.69) is 5.32 Å². The molecule has 1 N–H and O–H groups in total. The predicted octanol–water partition coefficient (Wildman–Crippen LogP) is 4.15. The van der Waals surface area contributed by atoms with Gasteiger partial charge in [0.15, 0.2) is 11.5 Å². The zero-order valence-electron chi connectivity index (χ0n) is 20.2. The van der Waals surface area contributed by atoms with Crippen molar-refractivity contribution < 1.29 is 19.0 Å². The fourth-order valence-corrected chi connectivity index (χ4v) is 4.63. The third-order valence-corrected chi connectivity index (χ3v) is 6.16. The van der Waals surface area contributed by atoms with Gasteiger partial charge in [0.05, 0.1) is 42.3 Å². The van der Waals surface area contributed by atoms with E-state index in [9.17, 15) is 9.59 Å². The lowest BCUT2D eigenvalue weighted by molar-refractivity contribution is 0.0756. The minimum Gasteiger partial charge on any atom is -0.493 e. The number of nitrogens with zero attached hydrogens (tertiary/aromatic N) is 2. The number of para-hydroxylation sites is 1. The highest BCUT2D eigenvalue weighted by molar-refractivity contribution is 6.21. The number of benzene rings is 2. The standard InChI is InChI=1S/C27H27N3O5/c1-15(2)35-13-7-12-28-26(31)19-14-18-16-8-5-6-9-20(16)30-24(18)23(29-19)17-10-11-21(33-3)25(34-4)22(17)27(30)32/h5-6,8-11,14-15H,7,12-13H2,1-4H3,(H,28,31). The Morgan fingerprint density at radius 3 is 2.60 bits per heavy atom. The van der Waals surface area contributed by atoms with E-state index in [1.807, 2.05) is 38.1 Å². The summed E-state index contributed by atoms with van der Waals surface area (Å²) in [5.74, 6) is 0.519. The van der Waals surface area contributed by atoms with Crippen molar-refractivity contribution in [2.75, 3.05) is 27.4 Å². The Balaban J connectivity index is 1.74. The first kappa shape index (κ1) is 22.9. The molecule has 5 rings (SSSR count). The average molecular weight is 474 g/mol. The first-order valence-electron chi connectivity index (χ1n) is 11.6. The topological polar surface area (TPSA) is 91.2 Å². The van der Waals surface area contributed by atoms with Gasteiger partial charge in [-0.1, -0.05) is 18.2 Å². The van der Waals surface area contributed by atoms with Crippen molar-refractivity contribution in [2.45, 2.75) is 26.4 Å². The SMILES string of the molecule is COc1ccc2c(c1OC)c(=O)n1c3ccccc3c3cc(C(=O)NCCCOC(C)C)nc2c31. The van der Waals surface area contributed by atoms with E-state index in [4.69, 9.17) is 19.2 Å². The van der Waals surface area contributed by atoms with E-state index in [1.165, 1.54) is 14.2 Å². The maximum Gasteiger partial charge on any atom is 0.269 e. The van der Waals surface area contributed by atoms with Crippen LogP contribution in [-0.2, 0) is 4.74 Å². The molecule has 180 valence electrons. The normalized spacial score (nSPS) is 11.8. The molecular weight excluding hydrogens is 446 g/mol. The lowest BCUT2D eigenvalue weighted by Gasteiger charge is -2.13. The van der Waals surface area contributed by atoms with Crippen LogP contribution in [0.3, 0.4) is 0 Å². The van der Waals surface area contributed by atoms with Crippen LogP contribution in [0, 0.1) is 0 Å². The second-order valence-corrected chi connectivity index (χ2v) is 8.66. The Hall–Kier alpha value is -3.91. The molecule has 35 heavy (non-hydrogen) atoms. The lowest BCUT2D eigenvalue weighted by atomic mass is 10.1. The number of aromatic nitrogens is 2. The van der Waals surface area contributed by atoms with Crippen molar-refractivity contribution in [2.24, 2.45) is 0 Å². The van der Waals surface area contributed by atoms with Gasteiger partial charge in [0.2, 0.25) is 0 Å². The van der Waals surface area contributed by atoms with Crippen molar-refractivity contribution in [3.05, 3.63) is 58.5 Å². The summed E-state index contributed by atoms with van der Waals surface area (Å²) in [6, 6.07) is 12.9. The Morgan fingerprint density at radius 1 is 1.06 bits per heavy atom. The summed E-state index contributed by atoms with van der Waals surface area (Å²) in [5.41, 5.74) is 2.05. The van der Waals surface area contributed by atoms with Gasteiger partial charge in [0.25, 0.3) is 11.5 Å². The first-order chi connectivity index (χ1) is 17.0. The van der Waals surface area contributed by atoms with Gasteiger partial charge in [-0.3, -0.25) is 14.0 Å². The summed E-state index contributed by atoms with van der Waals surface area (Å²) in [6.45, 7) is 5.00. The van der Waals surface area contributed by atoms with Crippen molar-refractivity contribution in [3.8, 4) is 11.5 Å². The molecule has 1 amide bonds. The zero-order chi connectivity index (χ0) is 24.7. The number of ether oxygens (including phenoxy) is 3. The molecule has 5 aromatic rings. The van der Waals surface area contributed by atoms with Crippen molar-refractivity contribution in [1.82, 2.24) is 14.7 Å². The van der Waals surface area contributed by atoms with E-state index < -0.39 is 0 Å². The molecule has 2 aromatic carbocycles. The van der Waals surface area contributed by atoms with Crippen LogP contribution in [-0.4, -0.2) is 48.8 Å². The van der Waals surface area contributed by atoms with Crippen LogP contribution in [0.2, 0.25) is 0 Å². The minimum absolute atomic E-state index is 0.151. The fraction of sp³-hybridized carbons (Fsp3) is 0.296. The summed E-state index contributed by atoms with van der Waals surface area (Å²) in [5, 5.41) is 5.57. The van der Waals surface area contributed by atoms with E-state index in [0.717, 1.165) is 16.3 Å². The van der Waals surface area contributed by atoms with E-state index >= 15 is 0 Å². The molecule has 0 fully saturated rings. The summed E-state index contributed by atoms with van der Waals surface area (Å²) in [4.78, 5) is 31.6. The monoisotopic (exact) mass is 473 g/mol. The van der Waals surface area contributed by atoms with Crippen LogP contribution in [0.15, 0.2) is 47.3 Å². The number of hydrogen-bond donors (Lipinski definition) is 1. The summed E-state index contributed by atoms with van der Waals surface area (Å²) < 4.78 is 18.2. The highest BCUT2D eigenvalue weighted by atomic mass is 16.5. The third-order valence-electron chi connectivity index (χ3n) is 6.16. The number of amides is 1. The number of methoxy groups -OCH3 is 2. The number of carbonyl (C=O) groups excluding carboxylic acids is 1. The largest absolute Gasteiger partial charge is 0.493 e. The Labute approximate surface area is 201 Å². The molecule has 0 saturated heterocycles. The molecule has 3 heterocycles. The number of nitrogens with one attached hydrogen (secondary N) is 1. The molecule has 0 saturated carbocycles. The maximum atomic E-state index is 13.8. The van der Waals surface area contributed by atoms with Crippen molar-refractivity contribution in [3.63, 3.8) is 0 Å². The number of rotatable bonds is 8.